The molecule has 1 N–H and O–H groups in total. The maximum atomic E-state index is 13.9. The molecule has 0 saturated carbocycles. The molecule has 0 spiro atoms. The number of amides is 2. The van der Waals surface area contributed by atoms with Gasteiger partial charge in [-0.05, 0) is 71.5 Å². The molecule has 3 fully saturated rings. The molecular weight excluding hydrogens is 634 g/mol. The smallest absolute Gasteiger partial charge is 0.234 e. The van der Waals surface area contributed by atoms with Crippen molar-refractivity contribution in [2.45, 2.75) is 44.6 Å². The van der Waals surface area contributed by atoms with Crippen LogP contribution in [-0.4, -0.2) is 64.6 Å². The highest BCUT2D eigenvalue weighted by molar-refractivity contribution is 9.10. The fourth-order valence-corrected chi connectivity index (χ4v) is 8.69. The number of rotatable bonds is 7. The molecule has 3 aromatic rings. The standard InChI is InChI=1S/C36H36BrN3O5/c1-38-35(42)32-28-15-26(23-8-6-22(19-41)7-9-23)31(33(32)36(38)43)34(24-10-4-21(5-11-24)17-39-12-2-3-13-39)40(28)18-25-14-29-30(16-27(25)37)45-20-44-29/h4-11,14-16,28,31-34,41H,2-3,12-13,17-20H2,1H3. The Balaban J connectivity index is 1.25. The van der Waals surface area contributed by atoms with Gasteiger partial charge in [0.2, 0.25) is 18.6 Å². The predicted molar refractivity (Wildman–Crippen MR) is 172 cm³/mol. The van der Waals surface area contributed by atoms with Crippen molar-refractivity contribution in [3.05, 3.63) is 99.0 Å². The molecule has 45 heavy (non-hydrogen) atoms. The fraction of sp³-hybridized carbons (Fsp3) is 0.389. The van der Waals surface area contributed by atoms with Crippen LogP contribution in [0.2, 0.25) is 0 Å². The van der Waals surface area contributed by atoms with Crippen LogP contribution in [0.5, 0.6) is 11.5 Å². The van der Waals surface area contributed by atoms with E-state index in [4.69, 9.17) is 9.47 Å². The van der Waals surface area contributed by atoms with Gasteiger partial charge in [0.1, 0.15) is 0 Å². The zero-order chi connectivity index (χ0) is 30.8. The van der Waals surface area contributed by atoms with E-state index < -0.39 is 11.8 Å². The van der Waals surface area contributed by atoms with Crippen LogP contribution in [-0.2, 0) is 29.3 Å². The van der Waals surface area contributed by atoms with Crippen LogP contribution in [0.15, 0.2) is 71.2 Å². The van der Waals surface area contributed by atoms with E-state index in [-0.39, 0.29) is 43.2 Å². The summed E-state index contributed by atoms with van der Waals surface area (Å²) in [6.45, 7) is 3.94. The second-order valence-electron chi connectivity index (χ2n) is 12.9. The largest absolute Gasteiger partial charge is 0.454 e. The summed E-state index contributed by atoms with van der Waals surface area (Å²) in [6.07, 6.45) is 4.74. The molecule has 9 heteroatoms. The van der Waals surface area contributed by atoms with Gasteiger partial charge in [0, 0.05) is 42.6 Å². The molecule has 2 bridgehead atoms. The topological polar surface area (TPSA) is 82.6 Å². The third-order valence-corrected chi connectivity index (χ3v) is 11.2. The maximum absolute atomic E-state index is 13.9. The molecular formula is C36H36BrN3O5. The third kappa shape index (κ3) is 4.83. The Hall–Kier alpha value is -3.50. The second-order valence-corrected chi connectivity index (χ2v) is 13.8. The first-order valence-electron chi connectivity index (χ1n) is 15.8. The third-order valence-electron chi connectivity index (χ3n) is 10.5. The minimum Gasteiger partial charge on any atom is -0.454 e. The zero-order valence-electron chi connectivity index (χ0n) is 25.2. The number of hydrogen-bond acceptors (Lipinski definition) is 7. The van der Waals surface area contributed by atoms with Crippen molar-refractivity contribution in [1.82, 2.24) is 14.7 Å². The molecule has 3 saturated heterocycles. The van der Waals surface area contributed by atoms with E-state index in [2.05, 4.69) is 56.1 Å². The van der Waals surface area contributed by atoms with Gasteiger partial charge in [-0.25, -0.2) is 0 Å². The first kappa shape index (κ1) is 28.9. The van der Waals surface area contributed by atoms with E-state index in [1.165, 1.54) is 23.3 Å². The molecule has 5 aliphatic heterocycles. The zero-order valence-corrected chi connectivity index (χ0v) is 26.8. The highest BCUT2D eigenvalue weighted by Crippen LogP contribution is 2.58. The monoisotopic (exact) mass is 669 g/mol. The average Bonchev–Trinajstić information content (AvgIpc) is 3.80. The molecule has 5 heterocycles. The van der Waals surface area contributed by atoms with Crippen molar-refractivity contribution in [3.8, 4) is 11.5 Å². The SMILES string of the molecule is CN1C(=O)C2C(C1=O)C1C=C(c3ccc(CO)cc3)C2C(c2ccc(CN3CCCC3)cc2)N1Cc1cc2c(cc1Br)OCO2. The Bertz CT molecular complexity index is 1680. The number of aliphatic hydroxyl groups is 1. The van der Waals surface area contributed by atoms with Crippen LogP contribution in [0.4, 0.5) is 0 Å². The summed E-state index contributed by atoms with van der Waals surface area (Å²) in [5.41, 5.74) is 6.41. The molecule has 232 valence electrons. The minimum absolute atomic E-state index is 0.0293. The number of benzene rings is 3. The summed E-state index contributed by atoms with van der Waals surface area (Å²) in [4.78, 5) is 33.8. The molecule has 0 aromatic heterocycles. The number of piperidine rings is 1. The highest BCUT2D eigenvalue weighted by atomic mass is 79.9. The van der Waals surface area contributed by atoms with Gasteiger partial charge < -0.3 is 14.6 Å². The van der Waals surface area contributed by atoms with Crippen LogP contribution in [0.1, 0.15) is 46.7 Å². The van der Waals surface area contributed by atoms with E-state index in [1.807, 2.05) is 36.4 Å². The molecule has 5 unspecified atom stereocenters. The van der Waals surface area contributed by atoms with Gasteiger partial charge in [-0.1, -0.05) is 70.5 Å². The lowest BCUT2D eigenvalue weighted by molar-refractivity contribution is -0.138. The first-order valence-corrected chi connectivity index (χ1v) is 16.6. The summed E-state index contributed by atoms with van der Waals surface area (Å²) in [5.74, 6) is 0.0730. The van der Waals surface area contributed by atoms with E-state index in [0.717, 1.165) is 51.9 Å². The Morgan fingerprint density at radius 2 is 1.51 bits per heavy atom. The molecule has 2 amide bonds. The molecule has 3 aromatic carbocycles. The average molecular weight is 671 g/mol. The van der Waals surface area contributed by atoms with Crippen molar-refractivity contribution in [2.24, 2.45) is 17.8 Å². The lowest BCUT2D eigenvalue weighted by atomic mass is 9.60. The van der Waals surface area contributed by atoms with E-state index in [1.54, 1.807) is 7.05 Å². The molecule has 9 rings (SSSR count). The van der Waals surface area contributed by atoms with Gasteiger partial charge in [0.05, 0.1) is 18.4 Å². The van der Waals surface area contributed by atoms with Crippen molar-refractivity contribution < 1.29 is 24.2 Å². The van der Waals surface area contributed by atoms with Gasteiger partial charge >= 0.3 is 0 Å². The highest BCUT2D eigenvalue weighted by Gasteiger charge is 2.63. The maximum Gasteiger partial charge on any atom is 0.234 e. The van der Waals surface area contributed by atoms with Gasteiger partial charge in [-0.2, -0.15) is 0 Å². The number of ether oxygens (including phenoxy) is 2. The van der Waals surface area contributed by atoms with Crippen LogP contribution in [0, 0.1) is 17.8 Å². The number of halogens is 1. The van der Waals surface area contributed by atoms with Gasteiger partial charge in [0.15, 0.2) is 11.5 Å². The number of carbonyl (C=O) groups is 2. The summed E-state index contributed by atoms with van der Waals surface area (Å²) in [5, 5.41) is 9.69. The molecule has 0 radical (unpaired) electrons. The Morgan fingerprint density at radius 1 is 0.844 bits per heavy atom. The second kappa shape index (κ2) is 11.4. The van der Waals surface area contributed by atoms with Crippen LogP contribution in [0.3, 0.4) is 0 Å². The summed E-state index contributed by atoms with van der Waals surface area (Å²) < 4.78 is 12.3. The van der Waals surface area contributed by atoms with Crippen molar-refractivity contribution >= 4 is 33.3 Å². The number of aliphatic hydroxyl groups excluding tert-OH is 1. The number of hydrogen-bond donors (Lipinski definition) is 1. The van der Waals surface area contributed by atoms with E-state index >= 15 is 0 Å². The Morgan fingerprint density at radius 3 is 2.22 bits per heavy atom. The summed E-state index contributed by atoms with van der Waals surface area (Å²) in [6, 6.07) is 20.4. The van der Waals surface area contributed by atoms with E-state index in [9.17, 15) is 14.7 Å². The summed E-state index contributed by atoms with van der Waals surface area (Å²) >= 11 is 3.77. The summed E-state index contributed by atoms with van der Waals surface area (Å²) in [7, 11) is 1.62. The predicted octanol–water partition coefficient (Wildman–Crippen LogP) is 5.14. The fourth-order valence-electron chi connectivity index (χ4n) is 8.24. The number of nitrogens with zero attached hydrogens (tertiary/aromatic N) is 3. The molecule has 5 atom stereocenters. The van der Waals surface area contributed by atoms with Gasteiger partial charge in [0.25, 0.3) is 0 Å². The lowest BCUT2D eigenvalue weighted by Crippen LogP contribution is -2.58. The van der Waals surface area contributed by atoms with Crippen molar-refractivity contribution in [2.75, 3.05) is 26.9 Å². The molecule has 1 aliphatic carbocycles. The minimum atomic E-state index is -0.452. The first-order chi connectivity index (χ1) is 21.9. The van der Waals surface area contributed by atoms with Gasteiger partial charge in [-0.15, -0.1) is 0 Å². The number of carbonyl (C=O) groups excluding carboxylic acids is 2. The normalized spacial score (nSPS) is 27.4. The number of likely N-dealkylation sites (tertiary alicyclic amines) is 2. The Kier molecular flexibility index (Phi) is 7.32. The Labute approximate surface area is 271 Å². The number of fused-ring (bicyclic) bond motifs is 2. The van der Waals surface area contributed by atoms with Gasteiger partial charge in [-0.3, -0.25) is 24.3 Å². The van der Waals surface area contributed by atoms with Crippen LogP contribution >= 0.6 is 15.9 Å². The molecule has 6 aliphatic rings. The van der Waals surface area contributed by atoms with E-state index in [0.29, 0.717) is 18.0 Å². The van der Waals surface area contributed by atoms with Crippen molar-refractivity contribution in [3.63, 3.8) is 0 Å². The van der Waals surface area contributed by atoms with Crippen molar-refractivity contribution in [1.29, 1.82) is 0 Å². The molecule has 8 nitrogen and oxygen atoms in total. The van der Waals surface area contributed by atoms with Crippen LogP contribution < -0.4 is 9.47 Å². The lowest BCUT2D eigenvalue weighted by Gasteiger charge is -2.55. The quantitative estimate of drug-likeness (QED) is 0.349. The van der Waals surface area contributed by atoms with Crippen LogP contribution in [0.25, 0.3) is 5.57 Å². The number of imide groups is 1.